The molecular weight excluding hydrogens is 238 g/mol. The van der Waals surface area contributed by atoms with Crippen LogP contribution in [0.3, 0.4) is 0 Å². The second-order valence-electron chi connectivity index (χ2n) is 5.23. The number of hydrogen-bond donors (Lipinski definition) is 1. The first-order valence-corrected chi connectivity index (χ1v) is 6.64. The number of benzene rings is 1. The lowest BCUT2D eigenvalue weighted by Gasteiger charge is -2.33. The number of carbonyl (C=O) groups excluding carboxylic acids is 1. The van der Waals surface area contributed by atoms with E-state index in [-0.39, 0.29) is 5.91 Å². The van der Waals surface area contributed by atoms with Crippen LogP contribution in [0.15, 0.2) is 18.2 Å². The Morgan fingerprint density at radius 3 is 2.74 bits per heavy atom. The molecule has 0 bridgehead atoms. The number of carbonyl (C=O) groups is 1. The fourth-order valence-electron chi connectivity index (χ4n) is 2.68. The number of nitrogens with two attached hydrogens (primary N) is 1. The van der Waals surface area contributed by atoms with E-state index in [4.69, 9.17) is 5.73 Å². The summed E-state index contributed by atoms with van der Waals surface area (Å²) in [6.45, 7) is 3.76. The van der Waals surface area contributed by atoms with Crippen molar-refractivity contribution in [2.75, 3.05) is 18.0 Å². The summed E-state index contributed by atoms with van der Waals surface area (Å²) in [6.07, 6.45) is 2.40. The van der Waals surface area contributed by atoms with Crippen LogP contribution in [0.5, 0.6) is 0 Å². The summed E-state index contributed by atoms with van der Waals surface area (Å²) in [4.78, 5) is 13.2. The molecule has 1 fully saturated rings. The van der Waals surface area contributed by atoms with Gasteiger partial charge in [-0.3, -0.25) is 4.79 Å². The van der Waals surface area contributed by atoms with Crippen LogP contribution >= 0.6 is 0 Å². The van der Waals surface area contributed by atoms with E-state index in [0.29, 0.717) is 12.3 Å². The van der Waals surface area contributed by atoms with Crippen molar-refractivity contribution in [2.45, 2.75) is 26.2 Å². The largest absolute Gasteiger partial charge is 0.370 e. The minimum atomic E-state index is -0.216. The summed E-state index contributed by atoms with van der Waals surface area (Å²) < 4.78 is 0. The van der Waals surface area contributed by atoms with Gasteiger partial charge in [-0.2, -0.15) is 5.26 Å². The van der Waals surface area contributed by atoms with Crippen molar-refractivity contribution in [1.29, 1.82) is 5.26 Å². The number of amides is 1. The molecule has 2 rings (SSSR count). The van der Waals surface area contributed by atoms with Crippen molar-refractivity contribution in [1.82, 2.24) is 0 Å². The van der Waals surface area contributed by atoms with Crippen LogP contribution in [0.1, 0.15) is 30.4 Å². The Hall–Kier alpha value is -2.02. The third kappa shape index (κ3) is 3.25. The molecule has 0 aromatic heterocycles. The molecule has 1 aromatic carbocycles. The first-order valence-electron chi connectivity index (χ1n) is 6.64. The van der Waals surface area contributed by atoms with Gasteiger partial charge >= 0.3 is 0 Å². The average molecular weight is 257 g/mol. The fraction of sp³-hybridized carbons (Fsp3) is 0.467. The predicted octanol–water partition coefficient (Wildman–Crippen LogP) is 1.96. The Bertz CT molecular complexity index is 511. The molecule has 0 spiro atoms. The Morgan fingerprint density at radius 2 is 2.16 bits per heavy atom. The number of nitrogens with zero attached hydrogens (tertiary/aromatic N) is 2. The topological polar surface area (TPSA) is 70.1 Å². The normalized spacial score (nSPS) is 16.1. The first kappa shape index (κ1) is 13.4. The minimum absolute atomic E-state index is 0.216. The molecular formula is C15H19N3O. The summed E-state index contributed by atoms with van der Waals surface area (Å²) in [5, 5.41) is 9.21. The summed E-state index contributed by atoms with van der Waals surface area (Å²) in [6, 6.07) is 8.23. The van der Waals surface area contributed by atoms with E-state index in [2.05, 4.69) is 11.0 Å². The maximum Gasteiger partial charge on any atom is 0.217 e. The molecule has 2 N–H and O–H groups in total. The van der Waals surface area contributed by atoms with Gasteiger partial charge in [-0.15, -0.1) is 0 Å². The second kappa shape index (κ2) is 5.75. The van der Waals surface area contributed by atoms with Gasteiger partial charge in [0.2, 0.25) is 5.91 Å². The number of anilines is 1. The van der Waals surface area contributed by atoms with Gasteiger partial charge in [0.05, 0.1) is 11.3 Å². The number of piperidine rings is 1. The van der Waals surface area contributed by atoms with E-state index in [9.17, 15) is 10.1 Å². The van der Waals surface area contributed by atoms with Crippen LogP contribution in [0.2, 0.25) is 0 Å². The standard InChI is InChI=1S/C15H19N3O/c1-11-2-3-14(13(8-11)10-16)18-6-4-12(5-7-18)9-15(17)19/h2-3,8,12H,4-7,9H2,1H3,(H2,17,19). The highest BCUT2D eigenvalue weighted by Crippen LogP contribution is 2.27. The Kier molecular flexibility index (Phi) is 4.06. The Balaban J connectivity index is 2.06. The van der Waals surface area contributed by atoms with Crippen molar-refractivity contribution >= 4 is 11.6 Å². The highest BCUT2D eigenvalue weighted by Gasteiger charge is 2.22. The number of nitriles is 1. The summed E-state index contributed by atoms with van der Waals surface area (Å²) in [7, 11) is 0. The lowest BCUT2D eigenvalue weighted by Crippen LogP contribution is -2.35. The number of rotatable bonds is 3. The maximum absolute atomic E-state index is 10.9. The molecule has 1 amide bonds. The van der Waals surface area contributed by atoms with Crippen LogP contribution in [-0.4, -0.2) is 19.0 Å². The summed E-state index contributed by atoms with van der Waals surface area (Å²) in [5.74, 6) is 0.177. The molecule has 1 saturated heterocycles. The minimum Gasteiger partial charge on any atom is -0.370 e. The number of aryl methyl sites for hydroxylation is 1. The molecule has 100 valence electrons. The molecule has 1 aliphatic rings. The molecule has 0 radical (unpaired) electrons. The highest BCUT2D eigenvalue weighted by molar-refractivity contribution is 5.74. The average Bonchev–Trinajstić information content (AvgIpc) is 2.39. The van der Waals surface area contributed by atoms with E-state index in [1.54, 1.807) is 0 Å². The molecule has 0 atom stereocenters. The zero-order valence-electron chi connectivity index (χ0n) is 11.2. The molecule has 1 aromatic rings. The second-order valence-corrected chi connectivity index (χ2v) is 5.23. The predicted molar refractivity (Wildman–Crippen MR) is 74.6 cm³/mol. The highest BCUT2D eigenvalue weighted by atomic mass is 16.1. The van der Waals surface area contributed by atoms with Crippen molar-refractivity contribution < 1.29 is 4.79 Å². The van der Waals surface area contributed by atoms with Crippen molar-refractivity contribution in [3.63, 3.8) is 0 Å². The Labute approximate surface area is 113 Å². The van der Waals surface area contributed by atoms with Crippen LogP contribution in [0.4, 0.5) is 5.69 Å². The summed E-state index contributed by atoms with van der Waals surface area (Å²) >= 11 is 0. The van der Waals surface area contributed by atoms with Crippen molar-refractivity contribution in [3.8, 4) is 6.07 Å². The third-order valence-electron chi connectivity index (χ3n) is 3.72. The zero-order chi connectivity index (χ0) is 13.8. The van der Waals surface area contributed by atoms with Crippen LogP contribution in [0.25, 0.3) is 0 Å². The summed E-state index contributed by atoms with van der Waals surface area (Å²) in [5.41, 5.74) is 8.07. The molecule has 19 heavy (non-hydrogen) atoms. The van der Waals surface area contributed by atoms with Gasteiger partial charge < -0.3 is 10.6 Å². The molecule has 1 aliphatic heterocycles. The first-order chi connectivity index (χ1) is 9.10. The van der Waals surface area contributed by atoms with Gasteiger partial charge in [0.1, 0.15) is 6.07 Å². The van der Waals surface area contributed by atoms with E-state index in [1.807, 2.05) is 25.1 Å². The molecule has 0 saturated carbocycles. The zero-order valence-corrected chi connectivity index (χ0v) is 11.2. The number of primary amides is 1. The Morgan fingerprint density at radius 1 is 1.47 bits per heavy atom. The van der Waals surface area contributed by atoms with Gasteiger partial charge in [0.25, 0.3) is 0 Å². The van der Waals surface area contributed by atoms with Crippen LogP contribution in [0, 0.1) is 24.2 Å². The van der Waals surface area contributed by atoms with E-state index < -0.39 is 0 Å². The van der Waals surface area contributed by atoms with E-state index in [1.165, 1.54) is 0 Å². The van der Waals surface area contributed by atoms with E-state index >= 15 is 0 Å². The number of hydrogen-bond acceptors (Lipinski definition) is 3. The van der Waals surface area contributed by atoms with Gasteiger partial charge in [0, 0.05) is 19.5 Å². The quantitative estimate of drug-likeness (QED) is 0.899. The third-order valence-corrected chi connectivity index (χ3v) is 3.72. The van der Waals surface area contributed by atoms with E-state index in [0.717, 1.165) is 42.7 Å². The van der Waals surface area contributed by atoms with Gasteiger partial charge in [0.15, 0.2) is 0 Å². The molecule has 1 heterocycles. The van der Waals surface area contributed by atoms with Gasteiger partial charge in [-0.05, 0) is 43.4 Å². The van der Waals surface area contributed by atoms with Gasteiger partial charge in [-0.1, -0.05) is 6.07 Å². The lowest BCUT2D eigenvalue weighted by molar-refractivity contribution is -0.119. The molecule has 4 heteroatoms. The van der Waals surface area contributed by atoms with Crippen molar-refractivity contribution in [2.24, 2.45) is 11.7 Å². The lowest BCUT2D eigenvalue weighted by atomic mass is 9.92. The molecule has 0 unspecified atom stereocenters. The maximum atomic E-state index is 10.9. The van der Waals surface area contributed by atoms with Crippen molar-refractivity contribution in [3.05, 3.63) is 29.3 Å². The SMILES string of the molecule is Cc1ccc(N2CCC(CC(N)=O)CC2)c(C#N)c1. The smallest absolute Gasteiger partial charge is 0.217 e. The monoisotopic (exact) mass is 257 g/mol. The van der Waals surface area contributed by atoms with Crippen LogP contribution < -0.4 is 10.6 Å². The molecule has 0 aliphatic carbocycles. The fourth-order valence-corrected chi connectivity index (χ4v) is 2.68. The van der Waals surface area contributed by atoms with Crippen LogP contribution in [-0.2, 0) is 4.79 Å². The van der Waals surface area contributed by atoms with Gasteiger partial charge in [-0.25, -0.2) is 0 Å². The molecule has 4 nitrogen and oxygen atoms in total.